The van der Waals surface area contributed by atoms with Crippen molar-refractivity contribution >= 4 is 24.2 Å². The average Bonchev–Trinajstić information content (AvgIpc) is 2.55. The van der Waals surface area contributed by atoms with Crippen molar-refractivity contribution in [3.8, 4) is 5.75 Å². The number of thiol groups is 1. The van der Waals surface area contributed by atoms with Crippen molar-refractivity contribution < 1.29 is 9.90 Å². The summed E-state index contributed by atoms with van der Waals surface area (Å²) in [5, 5.41) is 12.8. The Labute approximate surface area is 146 Å². The summed E-state index contributed by atoms with van der Waals surface area (Å²) in [5.74, 6) is -0.316. The van der Waals surface area contributed by atoms with Crippen LogP contribution in [0.4, 0.5) is 5.69 Å². The standard InChI is InChI=1S/C18H19N3O2S/c1-11-15(17(19)23)16(12-7-9-14(22)10-8-12)20-18(24)21(11)13-5-3-2-4-6-13/h2-10,16,18,20,22,24H,1H3,(H2,19,23). The molecule has 0 aromatic heterocycles. The van der Waals surface area contributed by atoms with Crippen LogP contribution in [-0.2, 0) is 4.79 Å². The van der Waals surface area contributed by atoms with Gasteiger partial charge in [0.25, 0.3) is 0 Å². The second kappa shape index (κ2) is 6.59. The summed E-state index contributed by atoms with van der Waals surface area (Å²) >= 11 is 4.64. The molecule has 4 N–H and O–H groups in total. The van der Waals surface area contributed by atoms with E-state index < -0.39 is 5.91 Å². The minimum Gasteiger partial charge on any atom is -0.508 e. The quantitative estimate of drug-likeness (QED) is 0.647. The van der Waals surface area contributed by atoms with E-state index >= 15 is 0 Å². The van der Waals surface area contributed by atoms with E-state index in [2.05, 4.69) is 17.9 Å². The molecule has 24 heavy (non-hydrogen) atoms. The number of phenolic OH excluding ortho intramolecular Hbond substituents is 1. The molecule has 6 heteroatoms. The van der Waals surface area contributed by atoms with E-state index in [0.717, 1.165) is 16.9 Å². The number of nitrogens with two attached hydrogens (primary N) is 1. The Morgan fingerprint density at radius 1 is 1.17 bits per heavy atom. The van der Waals surface area contributed by atoms with Gasteiger partial charge in [0.05, 0.1) is 11.6 Å². The number of allylic oxidation sites excluding steroid dienone is 1. The number of hydrogen-bond acceptors (Lipinski definition) is 5. The van der Waals surface area contributed by atoms with Gasteiger partial charge in [0.1, 0.15) is 11.2 Å². The van der Waals surface area contributed by atoms with Crippen molar-refractivity contribution in [2.24, 2.45) is 5.73 Å². The van der Waals surface area contributed by atoms with Crippen LogP contribution in [-0.4, -0.2) is 16.5 Å². The van der Waals surface area contributed by atoms with E-state index in [-0.39, 0.29) is 17.3 Å². The highest BCUT2D eigenvalue weighted by Crippen LogP contribution is 2.35. The highest BCUT2D eigenvalue weighted by atomic mass is 32.1. The van der Waals surface area contributed by atoms with Gasteiger partial charge in [-0.15, -0.1) is 12.6 Å². The van der Waals surface area contributed by atoms with Gasteiger partial charge in [0, 0.05) is 11.4 Å². The largest absolute Gasteiger partial charge is 0.508 e. The number of hydrogen-bond donors (Lipinski definition) is 4. The number of rotatable bonds is 3. The molecular weight excluding hydrogens is 322 g/mol. The van der Waals surface area contributed by atoms with E-state index in [0.29, 0.717) is 5.57 Å². The third-order valence-electron chi connectivity index (χ3n) is 4.13. The number of carbonyl (C=O) groups is 1. The first-order valence-corrected chi connectivity index (χ1v) is 8.08. The number of amides is 1. The number of carbonyl (C=O) groups excluding carboxylic acids is 1. The fourth-order valence-electron chi connectivity index (χ4n) is 3.00. The van der Waals surface area contributed by atoms with Crippen molar-refractivity contribution in [1.29, 1.82) is 0 Å². The number of primary amides is 1. The first-order chi connectivity index (χ1) is 11.5. The maximum Gasteiger partial charge on any atom is 0.248 e. The van der Waals surface area contributed by atoms with E-state index in [9.17, 15) is 9.90 Å². The third kappa shape index (κ3) is 2.98. The Bertz CT molecular complexity index is 775. The molecule has 0 bridgehead atoms. The topological polar surface area (TPSA) is 78.6 Å². The van der Waals surface area contributed by atoms with E-state index in [1.54, 1.807) is 24.3 Å². The normalized spacial score (nSPS) is 21.0. The molecule has 0 aliphatic carbocycles. The van der Waals surface area contributed by atoms with E-state index in [4.69, 9.17) is 5.73 Å². The van der Waals surface area contributed by atoms with Crippen molar-refractivity contribution in [1.82, 2.24) is 5.32 Å². The zero-order valence-electron chi connectivity index (χ0n) is 13.2. The molecule has 2 unspecified atom stereocenters. The first kappa shape index (κ1) is 16.4. The fourth-order valence-corrected chi connectivity index (χ4v) is 3.46. The lowest BCUT2D eigenvalue weighted by molar-refractivity contribution is -0.115. The van der Waals surface area contributed by atoms with Crippen LogP contribution in [0.5, 0.6) is 5.75 Å². The van der Waals surface area contributed by atoms with Gasteiger partial charge in [0.15, 0.2) is 0 Å². The molecule has 1 aliphatic rings. The highest BCUT2D eigenvalue weighted by Gasteiger charge is 2.34. The molecule has 5 nitrogen and oxygen atoms in total. The number of para-hydroxylation sites is 1. The van der Waals surface area contributed by atoms with Crippen LogP contribution in [0.15, 0.2) is 65.9 Å². The minimum absolute atomic E-state index is 0.171. The fraction of sp³-hybridized carbons (Fsp3) is 0.167. The van der Waals surface area contributed by atoms with Crippen LogP contribution < -0.4 is 16.0 Å². The minimum atomic E-state index is -0.487. The van der Waals surface area contributed by atoms with Crippen molar-refractivity contribution in [2.75, 3.05) is 4.90 Å². The van der Waals surface area contributed by atoms with Gasteiger partial charge in [-0.1, -0.05) is 30.3 Å². The molecule has 1 amide bonds. The summed E-state index contributed by atoms with van der Waals surface area (Å²) in [6, 6.07) is 16.0. The van der Waals surface area contributed by atoms with Crippen molar-refractivity contribution in [3.63, 3.8) is 0 Å². The van der Waals surface area contributed by atoms with Gasteiger partial charge >= 0.3 is 0 Å². The summed E-state index contributed by atoms with van der Waals surface area (Å²) in [7, 11) is 0. The second-order valence-corrected chi connectivity index (χ2v) is 6.12. The molecule has 2 aromatic rings. The molecule has 3 rings (SSSR count). The molecule has 0 radical (unpaired) electrons. The van der Waals surface area contributed by atoms with Crippen LogP contribution in [0.25, 0.3) is 0 Å². The second-order valence-electron chi connectivity index (χ2n) is 5.63. The molecule has 0 fully saturated rings. The molecular formula is C18H19N3O2S. The maximum atomic E-state index is 12.1. The van der Waals surface area contributed by atoms with Gasteiger partial charge in [-0.3, -0.25) is 10.1 Å². The molecule has 0 spiro atoms. The molecule has 0 saturated carbocycles. The SMILES string of the molecule is CC1=C(C(N)=O)C(c2ccc(O)cc2)NC(S)N1c1ccccc1. The molecule has 2 atom stereocenters. The number of anilines is 1. The number of aromatic hydroxyl groups is 1. The Balaban J connectivity index is 2.09. The van der Waals surface area contributed by atoms with Crippen LogP contribution in [0.3, 0.4) is 0 Å². The van der Waals surface area contributed by atoms with Crippen molar-refractivity contribution in [3.05, 3.63) is 71.4 Å². The maximum absolute atomic E-state index is 12.1. The van der Waals surface area contributed by atoms with Crippen LogP contribution in [0.2, 0.25) is 0 Å². The van der Waals surface area contributed by atoms with Gasteiger partial charge in [-0.25, -0.2) is 0 Å². The Morgan fingerprint density at radius 3 is 2.38 bits per heavy atom. The van der Waals surface area contributed by atoms with Gasteiger partial charge in [-0.2, -0.15) is 0 Å². The lowest BCUT2D eigenvalue weighted by atomic mass is 9.94. The van der Waals surface area contributed by atoms with Gasteiger partial charge in [-0.05, 0) is 36.8 Å². The van der Waals surface area contributed by atoms with E-state index in [1.165, 1.54) is 0 Å². The molecule has 0 saturated heterocycles. The Morgan fingerprint density at radius 2 is 1.79 bits per heavy atom. The predicted molar refractivity (Wildman–Crippen MR) is 97.6 cm³/mol. The number of nitrogens with one attached hydrogen (secondary N) is 1. The highest BCUT2D eigenvalue weighted by molar-refractivity contribution is 7.81. The monoisotopic (exact) mass is 341 g/mol. The summed E-state index contributed by atoms with van der Waals surface area (Å²) < 4.78 is 0. The zero-order chi connectivity index (χ0) is 17.3. The summed E-state index contributed by atoms with van der Waals surface area (Å²) in [4.78, 5) is 14.1. The first-order valence-electron chi connectivity index (χ1n) is 7.57. The lowest BCUT2D eigenvalue weighted by Gasteiger charge is -2.41. The summed E-state index contributed by atoms with van der Waals surface area (Å²) in [6.07, 6.45) is 0. The smallest absolute Gasteiger partial charge is 0.248 e. The van der Waals surface area contributed by atoms with Crippen LogP contribution in [0, 0.1) is 0 Å². The zero-order valence-corrected chi connectivity index (χ0v) is 14.1. The van der Waals surface area contributed by atoms with Crippen LogP contribution >= 0.6 is 12.6 Å². The number of phenols is 1. The average molecular weight is 341 g/mol. The predicted octanol–water partition coefficient (Wildman–Crippen LogP) is 2.52. The van der Waals surface area contributed by atoms with Crippen molar-refractivity contribution in [2.45, 2.75) is 18.5 Å². The summed E-state index contributed by atoms with van der Waals surface area (Å²) in [6.45, 7) is 1.87. The Hall–Kier alpha value is -2.44. The molecule has 2 aromatic carbocycles. The summed E-state index contributed by atoms with van der Waals surface area (Å²) in [5.41, 5.74) is 8.34. The van der Waals surface area contributed by atoms with Crippen LogP contribution in [0.1, 0.15) is 18.5 Å². The van der Waals surface area contributed by atoms with Gasteiger partial charge < -0.3 is 15.7 Å². The molecule has 1 heterocycles. The van der Waals surface area contributed by atoms with E-state index in [1.807, 2.05) is 42.2 Å². The molecule has 124 valence electrons. The Kier molecular flexibility index (Phi) is 4.51. The third-order valence-corrected chi connectivity index (χ3v) is 4.51. The number of benzene rings is 2. The van der Waals surface area contributed by atoms with Gasteiger partial charge in [0.2, 0.25) is 5.91 Å². The molecule has 1 aliphatic heterocycles. The number of nitrogens with zero attached hydrogens (tertiary/aromatic N) is 1. The lowest BCUT2D eigenvalue weighted by Crippen LogP contribution is -2.50.